The van der Waals surface area contributed by atoms with Crippen LogP contribution < -0.4 is 0 Å². The molecule has 0 radical (unpaired) electrons. The third kappa shape index (κ3) is 2.62. The summed E-state index contributed by atoms with van der Waals surface area (Å²) in [7, 11) is 0. The number of imide groups is 1. The second kappa shape index (κ2) is 6.00. The van der Waals surface area contributed by atoms with Gasteiger partial charge in [-0.2, -0.15) is 0 Å². The van der Waals surface area contributed by atoms with Gasteiger partial charge in [-0.15, -0.1) is 0 Å². The SMILES string of the molecule is C[C@H]1[C@@H](c2ccccc2)OC(=O)N1C(=O)[C@@H]1CN(C(=O)O)CCC12CC2. The monoisotopic (exact) mass is 358 g/mol. The Morgan fingerprint density at radius 3 is 2.50 bits per heavy atom. The number of piperidine rings is 1. The van der Waals surface area contributed by atoms with E-state index in [1.807, 2.05) is 30.3 Å². The van der Waals surface area contributed by atoms with Crippen molar-refractivity contribution in [3.05, 3.63) is 35.9 Å². The Kier molecular flexibility index (Phi) is 3.89. The van der Waals surface area contributed by atoms with E-state index in [1.54, 1.807) is 6.92 Å². The lowest BCUT2D eigenvalue weighted by atomic mass is 9.81. The summed E-state index contributed by atoms with van der Waals surface area (Å²) in [6.07, 6.45) is 0.348. The number of nitrogens with zero attached hydrogens (tertiary/aromatic N) is 2. The molecule has 7 heteroatoms. The van der Waals surface area contributed by atoms with Gasteiger partial charge in [-0.3, -0.25) is 4.79 Å². The third-order valence-corrected chi connectivity index (χ3v) is 6.12. The van der Waals surface area contributed by atoms with Crippen LogP contribution in [0.5, 0.6) is 0 Å². The van der Waals surface area contributed by atoms with Crippen molar-refractivity contribution >= 4 is 18.1 Å². The lowest BCUT2D eigenvalue weighted by Crippen LogP contribution is -2.52. The van der Waals surface area contributed by atoms with Crippen LogP contribution in [-0.4, -0.2) is 52.1 Å². The van der Waals surface area contributed by atoms with Crippen molar-refractivity contribution < 1.29 is 24.2 Å². The van der Waals surface area contributed by atoms with Crippen LogP contribution in [0.15, 0.2) is 30.3 Å². The van der Waals surface area contributed by atoms with Gasteiger partial charge >= 0.3 is 12.2 Å². The molecule has 3 atom stereocenters. The van der Waals surface area contributed by atoms with Gasteiger partial charge in [-0.25, -0.2) is 14.5 Å². The molecule has 4 rings (SSSR count). The largest absolute Gasteiger partial charge is 0.465 e. The maximum atomic E-state index is 13.2. The highest BCUT2D eigenvalue weighted by atomic mass is 16.6. The van der Waals surface area contributed by atoms with E-state index in [9.17, 15) is 19.5 Å². The van der Waals surface area contributed by atoms with Crippen molar-refractivity contribution in [1.29, 1.82) is 0 Å². The smallest absolute Gasteiger partial charge is 0.417 e. The molecular weight excluding hydrogens is 336 g/mol. The Morgan fingerprint density at radius 2 is 1.88 bits per heavy atom. The highest BCUT2D eigenvalue weighted by Crippen LogP contribution is 2.57. The number of carbonyl (C=O) groups excluding carboxylic acids is 2. The molecule has 3 amide bonds. The molecule has 0 unspecified atom stereocenters. The summed E-state index contributed by atoms with van der Waals surface area (Å²) in [6, 6.07) is 8.94. The molecule has 2 heterocycles. The summed E-state index contributed by atoms with van der Waals surface area (Å²) in [5, 5.41) is 9.30. The maximum absolute atomic E-state index is 13.2. The first-order valence-corrected chi connectivity index (χ1v) is 8.99. The second-order valence-corrected chi connectivity index (χ2v) is 7.56. The van der Waals surface area contributed by atoms with E-state index in [-0.39, 0.29) is 17.9 Å². The van der Waals surface area contributed by atoms with Crippen LogP contribution >= 0.6 is 0 Å². The van der Waals surface area contributed by atoms with E-state index in [2.05, 4.69) is 0 Å². The van der Waals surface area contributed by atoms with Gasteiger partial charge in [0.1, 0.15) is 6.10 Å². The number of cyclic esters (lactones) is 1. The highest BCUT2D eigenvalue weighted by Gasteiger charge is 2.58. The predicted molar refractivity (Wildman–Crippen MR) is 91.3 cm³/mol. The molecule has 26 heavy (non-hydrogen) atoms. The van der Waals surface area contributed by atoms with E-state index in [4.69, 9.17) is 4.74 Å². The summed E-state index contributed by atoms with van der Waals surface area (Å²) < 4.78 is 5.48. The number of carboxylic acid groups (broad SMARTS) is 1. The molecule has 1 N–H and O–H groups in total. The first-order chi connectivity index (χ1) is 12.4. The van der Waals surface area contributed by atoms with E-state index in [0.29, 0.717) is 13.0 Å². The number of hydrogen-bond donors (Lipinski definition) is 1. The molecule has 2 aliphatic heterocycles. The molecule has 7 nitrogen and oxygen atoms in total. The van der Waals surface area contributed by atoms with Crippen molar-refractivity contribution in [2.24, 2.45) is 11.3 Å². The molecule has 1 aromatic rings. The van der Waals surface area contributed by atoms with Crippen LogP contribution in [-0.2, 0) is 9.53 Å². The summed E-state index contributed by atoms with van der Waals surface area (Å²) in [5.41, 5.74) is 0.703. The number of amides is 3. The van der Waals surface area contributed by atoms with Gasteiger partial charge in [0.15, 0.2) is 0 Å². The van der Waals surface area contributed by atoms with Crippen molar-refractivity contribution in [3.63, 3.8) is 0 Å². The summed E-state index contributed by atoms with van der Waals surface area (Å²) >= 11 is 0. The van der Waals surface area contributed by atoms with Crippen LogP contribution in [0.4, 0.5) is 9.59 Å². The average molecular weight is 358 g/mol. The normalized spacial score (nSPS) is 29.6. The minimum Gasteiger partial charge on any atom is -0.465 e. The first-order valence-electron chi connectivity index (χ1n) is 8.99. The average Bonchev–Trinajstić information content (AvgIpc) is 3.33. The first kappa shape index (κ1) is 16.9. The fraction of sp³-hybridized carbons (Fsp3) is 0.526. The molecule has 138 valence electrons. The number of rotatable bonds is 2. The van der Waals surface area contributed by atoms with E-state index < -0.39 is 30.3 Å². The summed E-state index contributed by atoms with van der Waals surface area (Å²) in [6.45, 7) is 2.41. The molecule has 3 aliphatic rings. The zero-order valence-corrected chi connectivity index (χ0v) is 14.6. The van der Waals surface area contributed by atoms with E-state index >= 15 is 0 Å². The fourth-order valence-electron chi connectivity index (χ4n) is 4.32. The lowest BCUT2D eigenvalue weighted by Gasteiger charge is -2.38. The zero-order chi connectivity index (χ0) is 18.5. The molecule has 1 aliphatic carbocycles. The second-order valence-electron chi connectivity index (χ2n) is 7.56. The van der Waals surface area contributed by atoms with Gasteiger partial charge in [0, 0.05) is 13.1 Å². The minimum absolute atomic E-state index is 0.145. The fourth-order valence-corrected chi connectivity index (χ4v) is 4.32. The number of likely N-dealkylation sites (tertiary alicyclic amines) is 1. The van der Waals surface area contributed by atoms with Gasteiger partial charge in [0.05, 0.1) is 12.0 Å². The van der Waals surface area contributed by atoms with Gasteiger partial charge in [0.2, 0.25) is 5.91 Å². The van der Waals surface area contributed by atoms with Crippen LogP contribution in [0.3, 0.4) is 0 Å². The molecule has 1 aromatic carbocycles. The van der Waals surface area contributed by atoms with Crippen LogP contribution in [0.25, 0.3) is 0 Å². The maximum Gasteiger partial charge on any atom is 0.417 e. The molecule has 1 spiro atoms. The van der Waals surface area contributed by atoms with Crippen molar-refractivity contribution in [3.8, 4) is 0 Å². The quantitative estimate of drug-likeness (QED) is 0.878. The van der Waals surface area contributed by atoms with Gasteiger partial charge in [0.25, 0.3) is 0 Å². The molecular formula is C19H22N2O5. The Labute approximate surface area is 151 Å². The van der Waals surface area contributed by atoms with Gasteiger partial charge < -0.3 is 14.7 Å². The number of benzene rings is 1. The molecule has 0 aromatic heterocycles. The molecule has 3 fully saturated rings. The van der Waals surface area contributed by atoms with Crippen molar-refractivity contribution in [2.45, 2.75) is 38.3 Å². The van der Waals surface area contributed by atoms with E-state index in [1.165, 1.54) is 9.80 Å². The van der Waals surface area contributed by atoms with Crippen molar-refractivity contribution in [2.75, 3.05) is 13.1 Å². The van der Waals surface area contributed by atoms with Crippen LogP contribution in [0.2, 0.25) is 0 Å². The standard InChI is InChI=1S/C19H22N2O5/c1-12-15(13-5-3-2-4-6-13)26-18(25)21(12)16(22)14-11-20(17(23)24)10-9-19(14)7-8-19/h2-6,12,14-15H,7-11H2,1H3,(H,23,24)/t12-,14-,15-/m0/s1. The zero-order valence-electron chi connectivity index (χ0n) is 14.6. The Hall–Kier alpha value is -2.57. The lowest BCUT2D eigenvalue weighted by molar-refractivity contribution is -0.137. The Balaban J connectivity index is 1.57. The molecule has 2 saturated heterocycles. The van der Waals surface area contributed by atoms with Crippen LogP contribution in [0.1, 0.15) is 37.9 Å². The molecule has 1 saturated carbocycles. The third-order valence-electron chi connectivity index (χ3n) is 6.12. The highest BCUT2D eigenvalue weighted by molar-refractivity contribution is 5.96. The number of ether oxygens (including phenoxy) is 1. The molecule has 0 bridgehead atoms. The van der Waals surface area contributed by atoms with Crippen molar-refractivity contribution in [1.82, 2.24) is 9.80 Å². The van der Waals surface area contributed by atoms with E-state index in [0.717, 1.165) is 18.4 Å². The topological polar surface area (TPSA) is 87.2 Å². The van der Waals surface area contributed by atoms with Gasteiger partial charge in [-0.1, -0.05) is 30.3 Å². The predicted octanol–water partition coefficient (Wildman–Crippen LogP) is 2.88. The Morgan fingerprint density at radius 1 is 1.19 bits per heavy atom. The minimum atomic E-state index is -1.02. The number of hydrogen-bond acceptors (Lipinski definition) is 4. The summed E-state index contributed by atoms with van der Waals surface area (Å²) in [5.74, 6) is -0.777. The van der Waals surface area contributed by atoms with Gasteiger partial charge in [-0.05, 0) is 37.2 Å². The van der Waals surface area contributed by atoms with Crippen LogP contribution in [0, 0.1) is 11.3 Å². The summed E-state index contributed by atoms with van der Waals surface area (Å²) in [4.78, 5) is 39.5. The Bertz CT molecular complexity index is 746. The number of carbonyl (C=O) groups is 3.